The van der Waals surface area contributed by atoms with Gasteiger partial charge in [0.15, 0.2) is 6.29 Å². The van der Waals surface area contributed by atoms with Crippen molar-refractivity contribution < 1.29 is 10.2 Å². The Labute approximate surface area is 107 Å². The van der Waals surface area contributed by atoms with Gasteiger partial charge < -0.3 is 15.1 Å². The summed E-state index contributed by atoms with van der Waals surface area (Å²) in [5.41, 5.74) is 1.87. The Morgan fingerprint density at radius 1 is 0.778 bits per heavy atom. The Balaban J connectivity index is 2.42. The topological polar surface area (TPSA) is 43.7 Å². The van der Waals surface area contributed by atoms with Crippen molar-refractivity contribution in [1.82, 2.24) is 0 Å². The first kappa shape index (κ1) is 12.6. The lowest BCUT2D eigenvalue weighted by Gasteiger charge is -2.32. The highest BCUT2D eigenvalue weighted by molar-refractivity contribution is 5.63. The molecule has 0 heterocycles. The molecule has 0 saturated heterocycles. The van der Waals surface area contributed by atoms with Gasteiger partial charge in [-0.15, -0.1) is 0 Å². The van der Waals surface area contributed by atoms with Crippen LogP contribution < -0.4 is 4.90 Å². The SMILES string of the molecule is CC(C(O)O)N(c1ccccc1)c1ccccc1. The molecule has 2 aromatic rings. The van der Waals surface area contributed by atoms with E-state index in [-0.39, 0.29) is 0 Å². The van der Waals surface area contributed by atoms with Crippen LogP contribution in [-0.4, -0.2) is 22.5 Å². The molecular formula is C15H17NO2. The Hall–Kier alpha value is -1.84. The van der Waals surface area contributed by atoms with Crippen molar-refractivity contribution in [1.29, 1.82) is 0 Å². The number of anilines is 2. The van der Waals surface area contributed by atoms with Crippen LogP contribution in [0.1, 0.15) is 6.92 Å². The third-order valence-electron chi connectivity index (χ3n) is 2.91. The van der Waals surface area contributed by atoms with Crippen molar-refractivity contribution in [2.45, 2.75) is 19.3 Å². The van der Waals surface area contributed by atoms with Crippen LogP contribution >= 0.6 is 0 Å². The van der Waals surface area contributed by atoms with E-state index in [2.05, 4.69) is 0 Å². The zero-order chi connectivity index (χ0) is 13.0. The second-order valence-corrected chi connectivity index (χ2v) is 4.20. The quantitative estimate of drug-likeness (QED) is 0.811. The molecule has 0 aliphatic rings. The van der Waals surface area contributed by atoms with Gasteiger partial charge in [0.05, 0.1) is 6.04 Å². The molecule has 0 bridgehead atoms. The third kappa shape index (κ3) is 2.70. The van der Waals surface area contributed by atoms with E-state index >= 15 is 0 Å². The average molecular weight is 243 g/mol. The summed E-state index contributed by atoms with van der Waals surface area (Å²) in [6, 6.07) is 19.0. The summed E-state index contributed by atoms with van der Waals surface area (Å²) in [4.78, 5) is 1.91. The van der Waals surface area contributed by atoms with Gasteiger partial charge in [0.1, 0.15) is 0 Å². The first-order chi connectivity index (χ1) is 8.70. The molecule has 0 aliphatic carbocycles. The number of benzene rings is 2. The number of para-hydroxylation sites is 2. The van der Waals surface area contributed by atoms with Crippen molar-refractivity contribution in [3.8, 4) is 0 Å². The molecule has 0 spiro atoms. The fourth-order valence-electron chi connectivity index (χ4n) is 1.93. The lowest BCUT2D eigenvalue weighted by Crippen LogP contribution is -2.38. The highest BCUT2D eigenvalue weighted by Gasteiger charge is 2.21. The van der Waals surface area contributed by atoms with Crippen LogP contribution in [0.25, 0.3) is 0 Å². The van der Waals surface area contributed by atoms with Gasteiger partial charge in [0, 0.05) is 11.4 Å². The average Bonchev–Trinajstić information content (AvgIpc) is 2.41. The van der Waals surface area contributed by atoms with Crippen molar-refractivity contribution >= 4 is 11.4 Å². The zero-order valence-corrected chi connectivity index (χ0v) is 10.3. The number of hydrogen-bond acceptors (Lipinski definition) is 3. The molecule has 2 rings (SSSR count). The van der Waals surface area contributed by atoms with Gasteiger partial charge in [-0.2, -0.15) is 0 Å². The number of hydrogen-bond donors (Lipinski definition) is 2. The van der Waals surface area contributed by atoms with E-state index in [1.54, 1.807) is 6.92 Å². The smallest absolute Gasteiger partial charge is 0.172 e. The lowest BCUT2D eigenvalue weighted by molar-refractivity contribution is -0.0535. The summed E-state index contributed by atoms with van der Waals surface area (Å²) >= 11 is 0. The molecule has 1 atom stereocenters. The number of aliphatic hydroxyl groups is 2. The van der Waals surface area contributed by atoms with Crippen molar-refractivity contribution in [3.05, 3.63) is 60.7 Å². The lowest BCUT2D eigenvalue weighted by atomic mass is 10.1. The van der Waals surface area contributed by atoms with Gasteiger partial charge in [-0.25, -0.2) is 0 Å². The van der Waals surface area contributed by atoms with Crippen LogP contribution in [0.2, 0.25) is 0 Å². The highest BCUT2D eigenvalue weighted by Crippen LogP contribution is 2.28. The van der Waals surface area contributed by atoms with E-state index in [0.717, 1.165) is 11.4 Å². The summed E-state index contributed by atoms with van der Waals surface area (Å²) in [5, 5.41) is 18.9. The minimum Gasteiger partial charge on any atom is -0.366 e. The summed E-state index contributed by atoms with van der Waals surface area (Å²) in [6.45, 7) is 1.78. The Morgan fingerprint density at radius 2 is 1.17 bits per heavy atom. The van der Waals surface area contributed by atoms with Gasteiger partial charge >= 0.3 is 0 Å². The Bertz CT molecular complexity index is 431. The molecule has 0 fully saturated rings. The number of rotatable bonds is 4. The van der Waals surface area contributed by atoms with Gasteiger partial charge in [-0.05, 0) is 31.2 Å². The minimum atomic E-state index is -1.40. The van der Waals surface area contributed by atoms with Gasteiger partial charge in [-0.3, -0.25) is 0 Å². The molecule has 18 heavy (non-hydrogen) atoms. The Kier molecular flexibility index (Phi) is 3.97. The maximum Gasteiger partial charge on any atom is 0.172 e. The van der Waals surface area contributed by atoms with Crippen LogP contribution in [0.5, 0.6) is 0 Å². The monoisotopic (exact) mass is 243 g/mol. The third-order valence-corrected chi connectivity index (χ3v) is 2.91. The van der Waals surface area contributed by atoms with Crippen LogP contribution in [0, 0.1) is 0 Å². The zero-order valence-electron chi connectivity index (χ0n) is 10.3. The molecule has 0 aliphatic heterocycles. The van der Waals surface area contributed by atoms with E-state index in [1.165, 1.54) is 0 Å². The maximum atomic E-state index is 9.43. The summed E-state index contributed by atoms with van der Waals surface area (Å²) in [7, 11) is 0. The Morgan fingerprint density at radius 3 is 1.50 bits per heavy atom. The van der Waals surface area contributed by atoms with E-state index < -0.39 is 12.3 Å². The molecule has 0 amide bonds. The summed E-state index contributed by atoms with van der Waals surface area (Å²) in [6.07, 6.45) is -1.40. The highest BCUT2D eigenvalue weighted by atomic mass is 16.5. The van der Waals surface area contributed by atoms with E-state index in [9.17, 15) is 10.2 Å². The molecule has 3 nitrogen and oxygen atoms in total. The standard InChI is InChI=1S/C15H17NO2/c1-12(15(17)18)16(13-8-4-2-5-9-13)14-10-6-3-7-11-14/h2-12,15,17-18H,1H3. The summed E-state index contributed by atoms with van der Waals surface area (Å²) in [5.74, 6) is 0. The van der Waals surface area contributed by atoms with E-state index in [4.69, 9.17) is 0 Å². The van der Waals surface area contributed by atoms with Crippen LogP contribution in [0.4, 0.5) is 11.4 Å². The summed E-state index contributed by atoms with van der Waals surface area (Å²) < 4.78 is 0. The largest absolute Gasteiger partial charge is 0.366 e. The van der Waals surface area contributed by atoms with E-state index in [1.807, 2.05) is 65.6 Å². The molecule has 0 saturated carbocycles. The molecular weight excluding hydrogens is 226 g/mol. The molecule has 2 aromatic carbocycles. The van der Waals surface area contributed by atoms with Crippen molar-refractivity contribution in [2.75, 3.05) is 4.90 Å². The fourth-order valence-corrected chi connectivity index (χ4v) is 1.93. The second-order valence-electron chi connectivity index (χ2n) is 4.20. The second kappa shape index (κ2) is 5.67. The molecule has 1 unspecified atom stereocenters. The number of aliphatic hydroxyl groups excluding tert-OH is 1. The first-order valence-electron chi connectivity index (χ1n) is 5.95. The van der Waals surface area contributed by atoms with Crippen LogP contribution in [0.3, 0.4) is 0 Å². The molecule has 0 radical (unpaired) electrons. The van der Waals surface area contributed by atoms with Crippen molar-refractivity contribution in [3.63, 3.8) is 0 Å². The first-order valence-corrected chi connectivity index (χ1v) is 5.95. The molecule has 3 heteroatoms. The van der Waals surface area contributed by atoms with Crippen LogP contribution in [-0.2, 0) is 0 Å². The predicted octanol–water partition coefficient (Wildman–Crippen LogP) is 2.52. The molecule has 94 valence electrons. The van der Waals surface area contributed by atoms with Gasteiger partial charge in [0.2, 0.25) is 0 Å². The normalized spacial score (nSPS) is 12.4. The van der Waals surface area contributed by atoms with Crippen molar-refractivity contribution in [2.24, 2.45) is 0 Å². The minimum absolute atomic E-state index is 0.421. The van der Waals surface area contributed by atoms with E-state index in [0.29, 0.717) is 0 Å². The predicted molar refractivity (Wildman–Crippen MR) is 72.7 cm³/mol. The maximum absolute atomic E-state index is 9.43. The number of nitrogens with zero attached hydrogens (tertiary/aromatic N) is 1. The van der Waals surface area contributed by atoms with Gasteiger partial charge in [0.25, 0.3) is 0 Å². The molecule has 2 N–H and O–H groups in total. The van der Waals surface area contributed by atoms with Gasteiger partial charge in [-0.1, -0.05) is 36.4 Å². The fraction of sp³-hybridized carbons (Fsp3) is 0.200. The molecule has 0 aromatic heterocycles. The van der Waals surface area contributed by atoms with Crippen LogP contribution in [0.15, 0.2) is 60.7 Å².